The molecule has 0 saturated carbocycles. The molecule has 0 fully saturated rings. The van der Waals surface area contributed by atoms with Crippen molar-refractivity contribution in [3.8, 4) is 0 Å². The Morgan fingerprint density at radius 3 is 1.09 bits per heavy atom. The van der Waals surface area contributed by atoms with Gasteiger partial charge in [0.05, 0.1) is 0 Å². The third kappa shape index (κ3) is 2.89. The Hall–Kier alpha value is -1.06. The first kappa shape index (κ1) is 20.9. The normalized spacial score (nSPS) is 13.2. The van der Waals surface area contributed by atoms with Gasteiger partial charge >= 0.3 is 0 Å². The summed E-state index contributed by atoms with van der Waals surface area (Å²) >= 11 is 0. The molecule has 4 nitrogen and oxygen atoms in total. The number of hydrogen-bond acceptors (Lipinski definition) is 4. The molecule has 0 aliphatic heterocycles. The van der Waals surface area contributed by atoms with Crippen LogP contribution >= 0.6 is 0 Å². The number of carboxylic acids is 2. The minimum absolute atomic E-state index is 0.472. The summed E-state index contributed by atoms with van der Waals surface area (Å²) in [5.74, 6) is -2.53. The maximum Gasteiger partial charge on any atom is 0.0491 e. The van der Waals surface area contributed by atoms with Crippen LogP contribution in [0.1, 0.15) is 86.5 Å². The molecule has 0 saturated heterocycles. The van der Waals surface area contributed by atoms with Crippen LogP contribution in [0.3, 0.4) is 0 Å². The van der Waals surface area contributed by atoms with E-state index in [1.54, 1.807) is 0 Å². The Balaban J connectivity index is 6.74. The average molecular weight is 312 g/mol. The van der Waals surface area contributed by atoms with Crippen LogP contribution in [0.5, 0.6) is 0 Å². The molecule has 0 radical (unpaired) electrons. The molecule has 22 heavy (non-hydrogen) atoms. The molecule has 0 heterocycles. The van der Waals surface area contributed by atoms with E-state index < -0.39 is 34.6 Å². The molecule has 0 aromatic rings. The monoisotopic (exact) mass is 312 g/mol. The quantitative estimate of drug-likeness (QED) is 0.586. The molecule has 0 bridgehead atoms. The zero-order valence-electron chi connectivity index (χ0n) is 15.1. The van der Waals surface area contributed by atoms with Gasteiger partial charge < -0.3 is 19.8 Å². The Kier molecular flexibility index (Phi) is 7.60. The Morgan fingerprint density at radius 1 is 0.682 bits per heavy atom. The van der Waals surface area contributed by atoms with Crippen LogP contribution in [0.4, 0.5) is 0 Å². The van der Waals surface area contributed by atoms with Crippen LogP contribution in [0, 0.1) is 16.2 Å². The van der Waals surface area contributed by atoms with Gasteiger partial charge in [0.2, 0.25) is 0 Å². The molecular formula is C18H32O4-2. The van der Waals surface area contributed by atoms with Gasteiger partial charge in [-0.2, -0.15) is 0 Å². The molecule has 4 heteroatoms. The number of rotatable bonds is 11. The van der Waals surface area contributed by atoms with Crippen molar-refractivity contribution >= 4 is 11.9 Å². The maximum absolute atomic E-state index is 12.4. The highest BCUT2D eigenvalue weighted by atomic mass is 16.4. The summed E-state index contributed by atoms with van der Waals surface area (Å²) in [6.45, 7) is 11.7. The van der Waals surface area contributed by atoms with Crippen molar-refractivity contribution in [1.82, 2.24) is 0 Å². The second-order valence-electron chi connectivity index (χ2n) is 6.42. The van der Waals surface area contributed by atoms with Crippen LogP contribution in [0.25, 0.3) is 0 Å². The summed E-state index contributed by atoms with van der Waals surface area (Å²) in [5, 5.41) is 23.9. The highest BCUT2D eigenvalue weighted by molar-refractivity contribution is 5.81. The van der Waals surface area contributed by atoms with Crippen molar-refractivity contribution in [3.05, 3.63) is 0 Å². The first-order valence-electron chi connectivity index (χ1n) is 8.64. The zero-order chi connectivity index (χ0) is 17.6. The molecule has 0 aliphatic carbocycles. The number of carbonyl (C=O) groups excluding carboxylic acids is 2. The van der Waals surface area contributed by atoms with E-state index in [0.29, 0.717) is 38.5 Å². The topological polar surface area (TPSA) is 80.3 Å². The van der Waals surface area contributed by atoms with E-state index in [4.69, 9.17) is 0 Å². The lowest BCUT2D eigenvalue weighted by molar-refractivity contribution is -0.346. The lowest BCUT2D eigenvalue weighted by atomic mass is 9.44. The molecule has 0 rings (SSSR count). The highest BCUT2D eigenvalue weighted by Gasteiger charge is 2.59. The van der Waals surface area contributed by atoms with E-state index in [2.05, 4.69) is 0 Å². The standard InChI is InChI=1S/C18H34O4/c1-7-16(8-2,9-3)18(15(21)22,13-14(19)20)17(10-4,11-5)12-6/h7-13H2,1-6H3,(H,19,20)(H,21,22)/p-2. The van der Waals surface area contributed by atoms with Gasteiger partial charge in [-0.15, -0.1) is 0 Å². The van der Waals surface area contributed by atoms with Crippen molar-refractivity contribution in [2.45, 2.75) is 86.5 Å². The second kappa shape index (κ2) is 7.98. The summed E-state index contributed by atoms with van der Waals surface area (Å²) < 4.78 is 0. The predicted molar refractivity (Wildman–Crippen MR) is 83.7 cm³/mol. The van der Waals surface area contributed by atoms with Gasteiger partial charge in [0, 0.05) is 17.4 Å². The van der Waals surface area contributed by atoms with Crippen molar-refractivity contribution < 1.29 is 19.8 Å². The van der Waals surface area contributed by atoms with Crippen molar-refractivity contribution in [1.29, 1.82) is 0 Å². The minimum atomic E-state index is -1.41. The van der Waals surface area contributed by atoms with Gasteiger partial charge in [-0.1, -0.05) is 41.5 Å². The molecule has 0 spiro atoms. The van der Waals surface area contributed by atoms with Crippen molar-refractivity contribution in [3.63, 3.8) is 0 Å². The predicted octanol–water partition coefficient (Wildman–Crippen LogP) is 2.30. The van der Waals surface area contributed by atoms with Crippen molar-refractivity contribution in [2.75, 3.05) is 0 Å². The summed E-state index contributed by atoms with van der Waals surface area (Å²) in [7, 11) is 0. The fourth-order valence-corrected chi connectivity index (χ4v) is 4.97. The number of aliphatic carboxylic acids is 2. The van der Waals surface area contributed by atoms with Gasteiger partial charge in [0.1, 0.15) is 0 Å². The van der Waals surface area contributed by atoms with Crippen molar-refractivity contribution in [2.24, 2.45) is 16.2 Å². The molecule has 0 amide bonds. The number of carboxylic acid groups (broad SMARTS) is 2. The Morgan fingerprint density at radius 2 is 0.955 bits per heavy atom. The van der Waals surface area contributed by atoms with Crippen LogP contribution in [-0.4, -0.2) is 11.9 Å². The van der Waals surface area contributed by atoms with Gasteiger partial charge in [-0.05, 0) is 55.8 Å². The van der Waals surface area contributed by atoms with Crippen LogP contribution in [0.2, 0.25) is 0 Å². The summed E-state index contributed by atoms with van der Waals surface area (Å²) in [6, 6.07) is 0. The maximum atomic E-state index is 12.4. The van der Waals surface area contributed by atoms with Gasteiger partial charge in [-0.3, -0.25) is 0 Å². The van der Waals surface area contributed by atoms with E-state index in [1.807, 2.05) is 41.5 Å². The second-order valence-corrected chi connectivity index (χ2v) is 6.42. The van der Waals surface area contributed by atoms with Crippen LogP contribution < -0.4 is 10.2 Å². The van der Waals surface area contributed by atoms with Gasteiger partial charge in [-0.25, -0.2) is 0 Å². The molecule has 0 aromatic heterocycles. The minimum Gasteiger partial charge on any atom is -0.550 e. The van der Waals surface area contributed by atoms with Crippen LogP contribution in [-0.2, 0) is 9.59 Å². The Labute approximate surface area is 135 Å². The van der Waals surface area contributed by atoms with E-state index in [0.717, 1.165) is 0 Å². The third-order valence-electron chi connectivity index (χ3n) is 6.63. The Bertz CT molecular complexity index is 342. The summed E-state index contributed by atoms with van der Waals surface area (Å²) in [5.41, 5.74) is -2.61. The third-order valence-corrected chi connectivity index (χ3v) is 6.63. The lowest BCUT2D eigenvalue weighted by Crippen LogP contribution is -2.63. The van der Waals surface area contributed by atoms with E-state index >= 15 is 0 Å². The fourth-order valence-electron chi connectivity index (χ4n) is 4.97. The molecule has 0 atom stereocenters. The average Bonchev–Trinajstić information content (AvgIpc) is 2.50. The van der Waals surface area contributed by atoms with Crippen LogP contribution in [0.15, 0.2) is 0 Å². The highest BCUT2D eigenvalue weighted by Crippen LogP contribution is 2.62. The molecule has 0 aromatic carbocycles. The van der Waals surface area contributed by atoms with E-state index in [-0.39, 0.29) is 0 Å². The first-order valence-corrected chi connectivity index (χ1v) is 8.64. The number of carbonyl (C=O) groups is 2. The molecule has 0 aliphatic rings. The SMILES string of the molecule is CCC(CC)(CC)C(CC(=O)[O-])(C(=O)[O-])C(CC)(CC)CC. The molecule has 0 N–H and O–H groups in total. The fraction of sp³-hybridized carbons (Fsp3) is 0.889. The van der Waals surface area contributed by atoms with E-state index in [9.17, 15) is 19.8 Å². The number of hydrogen-bond donors (Lipinski definition) is 0. The zero-order valence-corrected chi connectivity index (χ0v) is 15.1. The first-order chi connectivity index (χ1) is 10.2. The summed E-state index contributed by atoms with van der Waals surface area (Å²) in [4.78, 5) is 23.9. The molecule has 130 valence electrons. The summed E-state index contributed by atoms with van der Waals surface area (Å²) in [6.07, 6.45) is 3.21. The lowest BCUT2D eigenvalue weighted by Gasteiger charge is -2.61. The molecule has 0 unspecified atom stereocenters. The molecular weight excluding hydrogens is 280 g/mol. The van der Waals surface area contributed by atoms with E-state index in [1.165, 1.54) is 0 Å². The smallest absolute Gasteiger partial charge is 0.0491 e. The largest absolute Gasteiger partial charge is 0.550 e. The van der Waals surface area contributed by atoms with Gasteiger partial charge in [0.15, 0.2) is 0 Å². The van der Waals surface area contributed by atoms with Gasteiger partial charge in [0.25, 0.3) is 0 Å².